The summed E-state index contributed by atoms with van der Waals surface area (Å²) in [7, 11) is 0. The molecule has 0 aromatic heterocycles. The topological polar surface area (TPSA) is 89.8 Å². The molecule has 0 aromatic carbocycles. The molecule has 5 heteroatoms. The van der Waals surface area contributed by atoms with Gasteiger partial charge in [-0.2, -0.15) is 0 Å². The molecular weight excluding hydrogens is 715 g/mol. The molecule has 0 bridgehead atoms. The first kappa shape index (κ1) is 57.3. The van der Waals surface area contributed by atoms with Gasteiger partial charge in [-0.1, -0.05) is 290 Å². The molecule has 0 heterocycles. The van der Waals surface area contributed by atoms with E-state index in [1.807, 2.05) is 0 Å². The maximum absolute atomic E-state index is 12.5. The monoisotopic (exact) mass is 822 g/mol. The normalized spacial score (nSPS) is 13.3. The summed E-state index contributed by atoms with van der Waals surface area (Å²) in [6.45, 7) is 4.27. The summed E-state index contributed by atoms with van der Waals surface area (Å²) in [6.07, 6.45) is 58.5. The molecule has 0 spiro atoms. The van der Waals surface area contributed by atoms with Crippen LogP contribution in [0.2, 0.25) is 0 Å². The number of aliphatic hydroxyl groups excluding tert-OH is 3. The molecule has 3 unspecified atom stereocenters. The van der Waals surface area contributed by atoms with Gasteiger partial charge in [0.25, 0.3) is 0 Å². The molecule has 348 valence electrons. The quantitative estimate of drug-likeness (QED) is 0.0460. The maximum Gasteiger partial charge on any atom is 0.222 e. The van der Waals surface area contributed by atoms with Crippen LogP contribution in [0.5, 0.6) is 0 Å². The van der Waals surface area contributed by atoms with Gasteiger partial charge in [0, 0.05) is 0 Å². The van der Waals surface area contributed by atoms with Crippen molar-refractivity contribution in [2.45, 2.75) is 327 Å². The minimum Gasteiger partial charge on any atom is -0.394 e. The molecule has 3 atom stereocenters. The van der Waals surface area contributed by atoms with Crippen molar-refractivity contribution in [2.24, 2.45) is 0 Å². The van der Waals surface area contributed by atoms with Crippen LogP contribution in [-0.2, 0) is 4.79 Å². The van der Waals surface area contributed by atoms with E-state index in [2.05, 4.69) is 19.2 Å². The molecule has 0 radical (unpaired) electrons. The Morgan fingerprint density at radius 2 is 0.586 bits per heavy atom. The van der Waals surface area contributed by atoms with Gasteiger partial charge < -0.3 is 20.6 Å². The van der Waals surface area contributed by atoms with Gasteiger partial charge in [0.2, 0.25) is 5.91 Å². The molecule has 0 aliphatic rings. The highest BCUT2D eigenvalue weighted by molar-refractivity contribution is 5.76. The highest BCUT2D eigenvalue weighted by Crippen LogP contribution is 2.18. The van der Waals surface area contributed by atoms with Crippen molar-refractivity contribution in [3.63, 3.8) is 0 Å². The number of carbonyl (C=O) groups excluding carboxylic acids is 1. The molecule has 0 saturated heterocycles. The lowest BCUT2D eigenvalue weighted by Gasteiger charge is -2.23. The lowest BCUT2D eigenvalue weighted by molar-refractivity contribution is -0.125. The fraction of sp³-hybridized carbons (Fsp3) is 0.981. The number of hydrogen-bond donors (Lipinski definition) is 4. The number of carbonyl (C=O) groups is 1. The number of hydrogen-bond acceptors (Lipinski definition) is 4. The predicted octanol–water partition coefficient (Wildman–Crippen LogP) is 16.2. The van der Waals surface area contributed by atoms with Crippen LogP contribution in [0.1, 0.15) is 309 Å². The van der Waals surface area contributed by atoms with Crippen molar-refractivity contribution < 1.29 is 20.1 Å². The minimum absolute atomic E-state index is 0.0428. The molecule has 5 nitrogen and oxygen atoms in total. The standard InChI is InChI=1S/C53H107NO4/c1-3-5-7-9-11-13-15-16-17-18-19-20-21-22-23-24-25-26-27-28-29-30-31-32-33-34-35-36-37-38-40-42-44-46-50(56)48-53(58)54-51(49-55)52(57)47-45-43-41-39-14-12-10-8-6-4-2/h50-52,55-57H,3-49H2,1-2H3,(H,54,58). The van der Waals surface area contributed by atoms with Gasteiger partial charge >= 0.3 is 0 Å². The summed E-state index contributed by atoms with van der Waals surface area (Å²) >= 11 is 0. The molecule has 0 aliphatic carbocycles. The third-order valence-electron chi connectivity index (χ3n) is 12.9. The van der Waals surface area contributed by atoms with E-state index in [9.17, 15) is 20.1 Å². The number of aliphatic hydroxyl groups is 3. The Kier molecular flexibility index (Phi) is 48.5. The molecule has 0 aliphatic heterocycles. The molecule has 1 amide bonds. The Labute approximate surface area is 364 Å². The van der Waals surface area contributed by atoms with Gasteiger partial charge in [0.15, 0.2) is 0 Å². The van der Waals surface area contributed by atoms with Crippen LogP contribution in [0.4, 0.5) is 0 Å². The zero-order chi connectivity index (χ0) is 42.3. The predicted molar refractivity (Wildman–Crippen MR) is 255 cm³/mol. The molecule has 0 aromatic rings. The zero-order valence-corrected chi connectivity index (χ0v) is 39.7. The maximum atomic E-state index is 12.5. The highest BCUT2D eigenvalue weighted by atomic mass is 16.3. The van der Waals surface area contributed by atoms with Crippen molar-refractivity contribution in [2.75, 3.05) is 6.61 Å². The van der Waals surface area contributed by atoms with E-state index < -0.39 is 18.2 Å². The van der Waals surface area contributed by atoms with Crippen LogP contribution in [0.3, 0.4) is 0 Å². The van der Waals surface area contributed by atoms with Crippen LogP contribution in [0.15, 0.2) is 0 Å². The molecule has 58 heavy (non-hydrogen) atoms. The lowest BCUT2D eigenvalue weighted by Crippen LogP contribution is -2.46. The van der Waals surface area contributed by atoms with Crippen LogP contribution < -0.4 is 5.32 Å². The number of unbranched alkanes of at least 4 members (excludes halogenated alkanes) is 41. The second-order valence-corrected chi connectivity index (χ2v) is 18.9. The Bertz CT molecular complexity index is 777. The Hall–Kier alpha value is -0.650. The van der Waals surface area contributed by atoms with Crippen molar-refractivity contribution in [1.82, 2.24) is 5.32 Å². The third kappa shape index (κ3) is 44.9. The minimum atomic E-state index is -0.743. The highest BCUT2D eigenvalue weighted by Gasteiger charge is 2.21. The van der Waals surface area contributed by atoms with Gasteiger partial charge in [-0.05, 0) is 12.8 Å². The third-order valence-corrected chi connectivity index (χ3v) is 12.9. The van der Waals surface area contributed by atoms with Gasteiger partial charge in [0.05, 0.1) is 31.3 Å². The van der Waals surface area contributed by atoms with Crippen molar-refractivity contribution in [3.05, 3.63) is 0 Å². The van der Waals surface area contributed by atoms with E-state index in [1.165, 1.54) is 250 Å². The first-order valence-corrected chi connectivity index (χ1v) is 26.8. The van der Waals surface area contributed by atoms with Crippen molar-refractivity contribution in [3.8, 4) is 0 Å². The number of amides is 1. The van der Waals surface area contributed by atoms with E-state index >= 15 is 0 Å². The summed E-state index contributed by atoms with van der Waals surface area (Å²) in [5.41, 5.74) is 0. The van der Waals surface area contributed by atoms with Crippen molar-refractivity contribution >= 4 is 5.91 Å². The van der Waals surface area contributed by atoms with Crippen molar-refractivity contribution in [1.29, 1.82) is 0 Å². The number of rotatable bonds is 50. The van der Waals surface area contributed by atoms with Crippen LogP contribution in [0.25, 0.3) is 0 Å². The van der Waals surface area contributed by atoms with E-state index in [1.54, 1.807) is 0 Å². The van der Waals surface area contributed by atoms with Gasteiger partial charge in [-0.15, -0.1) is 0 Å². The second-order valence-electron chi connectivity index (χ2n) is 18.9. The van der Waals surface area contributed by atoms with Crippen LogP contribution in [-0.4, -0.2) is 46.1 Å². The van der Waals surface area contributed by atoms with Gasteiger partial charge in [-0.25, -0.2) is 0 Å². The molecule has 0 saturated carbocycles. The second kappa shape index (κ2) is 49.0. The largest absolute Gasteiger partial charge is 0.394 e. The first-order valence-electron chi connectivity index (χ1n) is 26.8. The van der Waals surface area contributed by atoms with Gasteiger partial charge in [-0.3, -0.25) is 4.79 Å². The summed E-state index contributed by atoms with van der Waals surface area (Å²) in [6, 6.07) is -0.652. The molecular formula is C53H107NO4. The average Bonchev–Trinajstić information content (AvgIpc) is 3.22. The summed E-state index contributed by atoms with van der Waals surface area (Å²) in [5.74, 6) is -0.278. The van der Waals surface area contributed by atoms with Gasteiger partial charge in [0.1, 0.15) is 0 Å². The zero-order valence-electron chi connectivity index (χ0n) is 39.7. The molecule has 0 fully saturated rings. The molecule has 0 rings (SSSR count). The summed E-state index contributed by atoms with van der Waals surface area (Å²) in [4.78, 5) is 12.5. The Balaban J connectivity index is 3.39. The summed E-state index contributed by atoms with van der Waals surface area (Å²) < 4.78 is 0. The van der Waals surface area contributed by atoms with Crippen LogP contribution >= 0.6 is 0 Å². The van der Waals surface area contributed by atoms with E-state index in [0.29, 0.717) is 12.8 Å². The Morgan fingerprint density at radius 3 is 0.828 bits per heavy atom. The fourth-order valence-corrected chi connectivity index (χ4v) is 8.82. The first-order chi connectivity index (χ1) is 28.5. The van der Waals surface area contributed by atoms with E-state index in [-0.39, 0.29) is 18.9 Å². The average molecular weight is 822 g/mol. The van der Waals surface area contributed by atoms with Crippen LogP contribution in [0, 0.1) is 0 Å². The van der Waals surface area contributed by atoms with E-state index in [4.69, 9.17) is 0 Å². The number of nitrogens with one attached hydrogen (secondary N) is 1. The Morgan fingerprint density at radius 1 is 0.362 bits per heavy atom. The summed E-state index contributed by atoms with van der Waals surface area (Å²) in [5, 5.41) is 33.4. The lowest BCUT2D eigenvalue weighted by atomic mass is 10.0. The molecule has 4 N–H and O–H groups in total. The fourth-order valence-electron chi connectivity index (χ4n) is 8.82. The SMILES string of the molecule is CCCCCCCCCCCCCCCCCCCCCCCCCCCCCCCCCCCC(O)CC(=O)NC(CO)C(O)CCCCCCCCCCCC. The van der Waals surface area contributed by atoms with E-state index in [0.717, 1.165) is 25.7 Å². The smallest absolute Gasteiger partial charge is 0.222 e.